The normalized spacial score (nSPS) is 12.6. The lowest BCUT2D eigenvalue weighted by atomic mass is 10.2. The molecule has 1 aromatic heterocycles. The predicted octanol–water partition coefficient (Wildman–Crippen LogP) is 3.23. The van der Waals surface area contributed by atoms with E-state index < -0.39 is 11.7 Å². The summed E-state index contributed by atoms with van der Waals surface area (Å²) < 4.78 is 38.3. The van der Waals surface area contributed by atoms with Gasteiger partial charge in [-0.3, -0.25) is 0 Å². The lowest BCUT2D eigenvalue weighted by Gasteiger charge is -2.11. The Morgan fingerprint density at radius 2 is 1.85 bits per heavy atom. The van der Waals surface area contributed by atoms with Crippen molar-refractivity contribution >= 4 is 29.4 Å². The fourth-order valence-electron chi connectivity index (χ4n) is 1.70. The van der Waals surface area contributed by atoms with Gasteiger partial charge >= 0.3 is 6.18 Å². The van der Waals surface area contributed by atoms with Gasteiger partial charge in [-0.1, -0.05) is 23.2 Å². The van der Waals surface area contributed by atoms with Crippen LogP contribution in [0.5, 0.6) is 0 Å². The first-order chi connectivity index (χ1) is 12.2. The smallest absolute Gasteiger partial charge is 0.388 e. The molecule has 0 amide bonds. The average Bonchev–Trinajstić information content (AvgIpc) is 3.02. The fourth-order valence-corrected chi connectivity index (χ4v) is 2.34. The van der Waals surface area contributed by atoms with E-state index in [1.807, 2.05) is 0 Å². The first kappa shape index (κ1) is 19.2. The molecule has 0 bridgehead atoms. The predicted molar refractivity (Wildman–Crippen MR) is 86.4 cm³/mol. The Labute approximate surface area is 154 Å². The van der Waals surface area contributed by atoms with Crippen molar-refractivity contribution in [3.63, 3.8) is 0 Å². The van der Waals surface area contributed by atoms with Crippen molar-refractivity contribution in [2.24, 2.45) is 10.7 Å². The van der Waals surface area contributed by atoms with Crippen LogP contribution >= 0.6 is 23.2 Å². The SMILES string of the molecule is N#CC(N)=C(C#N)N=Cc1cnn(-c2c(Cl)cc(C(F)(F)F)cc2Cl)n1. The summed E-state index contributed by atoms with van der Waals surface area (Å²) in [7, 11) is 0. The van der Waals surface area contributed by atoms with Gasteiger partial charge in [0.25, 0.3) is 0 Å². The zero-order valence-corrected chi connectivity index (χ0v) is 14.0. The number of rotatable bonds is 3. The van der Waals surface area contributed by atoms with Crippen LogP contribution in [0.1, 0.15) is 11.3 Å². The van der Waals surface area contributed by atoms with E-state index in [1.165, 1.54) is 6.20 Å². The molecule has 1 aromatic carbocycles. The third-order valence-corrected chi connectivity index (χ3v) is 3.44. The Morgan fingerprint density at radius 3 is 2.35 bits per heavy atom. The Balaban J connectivity index is 2.40. The minimum absolute atomic E-state index is 0.0615. The number of benzene rings is 1. The van der Waals surface area contributed by atoms with Gasteiger partial charge in [0.1, 0.15) is 29.2 Å². The third-order valence-electron chi connectivity index (χ3n) is 2.86. The summed E-state index contributed by atoms with van der Waals surface area (Å²) in [6.45, 7) is 0. The highest BCUT2D eigenvalue weighted by Crippen LogP contribution is 2.36. The maximum absolute atomic E-state index is 12.8. The van der Waals surface area contributed by atoms with Crippen LogP contribution < -0.4 is 5.73 Å². The Bertz CT molecular complexity index is 970. The van der Waals surface area contributed by atoms with E-state index in [4.69, 9.17) is 39.5 Å². The van der Waals surface area contributed by atoms with Crippen LogP contribution in [-0.2, 0) is 6.18 Å². The van der Waals surface area contributed by atoms with Gasteiger partial charge in [-0.05, 0) is 12.1 Å². The van der Waals surface area contributed by atoms with Crippen LogP contribution in [0.25, 0.3) is 5.69 Å². The fraction of sp³-hybridized carbons (Fsp3) is 0.0714. The van der Waals surface area contributed by atoms with E-state index in [-0.39, 0.29) is 32.8 Å². The second-order valence-corrected chi connectivity index (χ2v) is 5.40. The van der Waals surface area contributed by atoms with Crippen molar-refractivity contribution in [2.75, 3.05) is 0 Å². The average molecular weight is 400 g/mol. The van der Waals surface area contributed by atoms with E-state index >= 15 is 0 Å². The zero-order valence-electron chi connectivity index (χ0n) is 12.5. The van der Waals surface area contributed by atoms with Crippen LogP contribution in [0.4, 0.5) is 13.2 Å². The van der Waals surface area contributed by atoms with Crippen molar-refractivity contribution < 1.29 is 13.2 Å². The number of nitrogens with two attached hydrogens (primary N) is 1. The molecule has 0 radical (unpaired) electrons. The molecule has 2 rings (SSSR count). The maximum Gasteiger partial charge on any atom is 0.416 e. The topological polar surface area (TPSA) is 117 Å². The molecule has 7 nitrogen and oxygen atoms in total. The summed E-state index contributed by atoms with van der Waals surface area (Å²) in [6, 6.07) is 4.60. The van der Waals surface area contributed by atoms with Crippen LogP contribution in [0.15, 0.2) is 34.7 Å². The van der Waals surface area contributed by atoms with E-state index in [9.17, 15) is 13.2 Å². The first-order valence-corrected chi connectivity index (χ1v) is 7.26. The van der Waals surface area contributed by atoms with E-state index in [1.54, 1.807) is 12.1 Å². The van der Waals surface area contributed by atoms with Gasteiger partial charge in [-0.15, -0.1) is 9.90 Å². The minimum Gasteiger partial charge on any atom is -0.388 e. The molecule has 2 aromatic rings. The van der Waals surface area contributed by atoms with Crippen LogP contribution in [0.3, 0.4) is 0 Å². The van der Waals surface area contributed by atoms with E-state index in [2.05, 4.69) is 15.2 Å². The summed E-state index contributed by atoms with van der Waals surface area (Å²) in [4.78, 5) is 4.61. The molecule has 26 heavy (non-hydrogen) atoms. The second kappa shape index (κ2) is 7.44. The number of nitriles is 2. The van der Waals surface area contributed by atoms with Gasteiger partial charge < -0.3 is 5.73 Å². The largest absolute Gasteiger partial charge is 0.416 e. The molecule has 0 spiro atoms. The molecule has 2 N–H and O–H groups in total. The highest BCUT2D eigenvalue weighted by molar-refractivity contribution is 6.37. The second-order valence-electron chi connectivity index (χ2n) is 4.59. The zero-order chi connectivity index (χ0) is 19.5. The number of hydrogen-bond donors (Lipinski definition) is 1. The van der Waals surface area contributed by atoms with Gasteiger partial charge in [-0.2, -0.15) is 28.8 Å². The van der Waals surface area contributed by atoms with Crippen molar-refractivity contribution in [1.82, 2.24) is 15.0 Å². The number of allylic oxidation sites excluding steroid dienone is 2. The minimum atomic E-state index is -4.61. The summed E-state index contributed by atoms with van der Waals surface area (Å²) in [5.74, 6) is 0. The van der Waals surface area contributed by atoms with Gasteiger partial charge in [0.2, 0.25) is 0 Å². The summed E-state index contributed by atoms with van der Waals surface area (Å²) in [6.07, 6.45) is -2.31. The molecule has 132 valence electrons. The lowest BCUT2D eigenvalue weighted by Crippen LogP contribution is -2.08. The number of hydrogen-bond acceptors (Lipinski definition) is 6. The standard InChI is InChI=1S/C14H6Cl2F3N7/c15-9-1-7(14(17,18)19)2-10(16)13(9)26-24-6-8(25-26)5-23-12(4-21)11(22)3-20/h1-2,5-6H,22H2. The molecule has 1 heterocycles. The van der Waals surface area contributed by atoms with Gasteiger partial charge in [0.05, 0.1) is 28.0 Å². The molecular formula is C14H6Cl2F3N7. The van der Waals surface area contributed by atoms with Crippen LogP contribution in [0.2, 0.25) is 10.0 Å². The summed E-state index contributed by atoms with van der Waals surface area (Å²) >= 11 is 11.7. The summed E-state index contributed by atoms with van der Waals surface area (Å²) in [5, 5.41) is 24.6. The number of halogens is 5. The highest BCUT2D eigenvalue weighted by Gasteiger charge is 2.32. The number of nitrogens with zero attached hydrogens (tertiary/aromatic N) is 6. The molecule has 12 heteroatoms. The maximum atomic E-state index is 12.8. The molecule has 0 fully saturated rings. The van der Waals surface area contributed by atoms with E-state index in [0.717, 1.165) is 11.0 Å². The van der Waals surface area contributed by atoms with Gasteiger partial charge in [0.15, 0.2) is 5.70 Å². The van der Waals surface area contributed by atoms with Crippen LogP contribution in [-0.4, -0.2) is 21.2 Å². The molecule has 0 aliphatic rings. The quantitative estimate of drug-likeness (QED) is 0.627. The monoisotopic (exact) mass is 399 g/mol. The van der Waals surface area contributed by atoms with Crippen molar-refractivity contribution in [1.29, 1.82) is 10.5 Å². The number of alkyl halides is 3. The molecule has 0 saturated heterocycles. The highest BCUT2D eigenvalue weighted by atomic mass is 35.5. The Hall–Kier alpha value is -3.08. The van der Waals surface area contributed by atoms with Crippen molar-refractivity contribution in [2.45, 2.75) is 6.18 Å². The van der Waals surface area contributed by atoms with Crippen LogP contribution in [0, 0.1) is 22.7 Å². The Kier molecular flexibility index (Phi) is 5.50. The van der Waals surface area contributed by atoms with Crippen molar-refractivity contribution in [3.05, 3.63) is 51.0 Å². The molecule has 0 aliphatic heterocycles. The molecular weight excluding hydrogens is 394 g/mol. The summed E-state index contributed by atoms with van der Waals surface area (Å²) in [5.41, 5.74) is 3.63. The lowest BCUT2D eigenvalue weighted by molar-refractivity contribution is -0.137. The third kappa shape index (κ3) is 4.11. The molecule has 0 unspecified atom stereocenters. The first-order valence-electron chi connectivity index (χ1n) is 6.50. The van der Waals surface area contributed by atoms with Gasteiger partial charge in [-0.25, -0.2) is 4.99 Å². The molecule has 0 aliphatic carbocycles. The molecule has 0 atom stereocenters. The number of aliphatic imine (C=N–C) groups is 1. The van der Waals surface area contributed by atoms with E-state index in [0.29, 0.717) is 12.1 Å². The number of aromatic nitrogens is 3. The Morgan fingerprint density at radius 1 is 1.23 bits per heavy atom. The van der Waals surface area contributed by atoms with Crippen molar-refractivity contribution in [3.8, 4) is 17.8 Å². The van der Waals surface area contributed by atoms with Gasteiger partial charge in [0, 0.05) is 0 Å². The molecule has 0 saturated carbocycles.